The zero-order valence-corrected chi connectivity index (χ0v) is 13.0. The van der Waals surface area contributed by atoms with Gasteiger partial charge in [0, 0.05) is 13.0 Å². The van der Waals surface area contributed by atoms with Crippen LogP contribution >= 0.6 is 11.6 Å². The minimum absolute atomic E-state index is 0.242. The third-order valence-corrected chi connectivity index (χ3v) is 4.40. The van der Waals surface area contributed by atoms with Crippen molar-refractivity contribution in [2.24, 2.45) is 5.92 Å². The van der Waals surface area contributed by atoms with Crippen LogP contribution in [0.4, 0.5) is 0 Å². The lowest BCUT2D eigenvalue weighted by molar-refractivity contribution is -0.129. The summed E-state index contributed by atoms with van der Waals surface area (Å²) in [6, 6.07) is 7.97. The molecule has 1 saturated heterocycles. The van der Waals surface area contributed by atoms with Gasteiger partial charge in [0.25, 0.3) is 0 Å². The van der Waals surface area contributed by atoms with Crippen molar-refractivity contribution in [2.45, 2.75) is 38.7 Å². The van der Waals surface area contributed by atoms with E-state index in [1.807, 2.05) is 29.2 Å². The Balaban J connectivity index is 1.86. The highest BCUT2D eigenvalue weighted by atomic mass is 35.5. The van der Waals surface area contributed by atoms with E-state index in [2.05, 4.69) is 16.5 Å². The molecule has 4 nitrogen and oxygen atoms in total. The average molecular weight is 306 g/mol. The molecular formula is C16H20ClN3O. The molecule has 5 heteroatoms. The number of carbonyl (C=O) groups excluding carboxylic acids is 1. The average Bonchev–Trinajstić information content (AvgIpc) is 3.01. The molecule has 0 N–H and O–H groups in total. The van der Waals surface area contributed by atoms with E-state index in [0.29, 0.717) is 24.9 Å². The molecule has 0 saturated carbocycles. The molecule has 3 rings (SSSR count). The summed E-state index contributed by atoms with van der Waals surface area (Å²) in [4.78, 5) is 18.7. The Morgan fingerprint density at radius 3 is 2.95 bits per heavy atom. The van der Waals surface area contributed by atoms with Crippen molar-refractivity contribution < 1.29 is 4.79 Å². The second-order valence-corrected chi connectivity index (χ2v) is 5.96. The van der Waals surface area contributed by atoms with Gasteiger partial charge < -0.3 is 9.47 Å². The number of imidazole rings is 1. The molecule has 1 atom stereocenters. The van der Waals surface area contributed by atoms with Gasteiger partial charge in [-0.3, -0.25) is 4.79 Å². The molecule has 2 heterocycles. The molecule has 112 valence electrons. The van der Waals surface area contributed by atoms with Crippen LogP contribution in [0, 0.1) is 5.92 Å². The molecule has 1 aliphatic rings. The fourth-order valence-corrected chi connectivity index (χ4v) is 3.35. The zero-order valence-electron chi connectivity index (χ0n) is 12.3. The molecule has 0 radical (unpaired) electrons. The summed E-state index contributed by atoms with van der Waals surface area (Å²) >= 11 is 6.02. The van der Waals surface area contributed by atoms with Crippen molar-refractivity contribution in [1.82, 2.24) is 14.5 Å². The van der Waals surface area contributed by atoms with Crippen molar-refractivity contribution in [3.05, 3.63) is 30.1 Å². The second-order valence-electron chi connectivity index (χ2n) is 5.69. The van der Waals surface area contributed by atoms with E-state index in [1.165, 1.54) is 0 Å². The molecule has 1 aromatic heterocycles. The van der Waals surface area contributed by atoms with Crippen molar-refractivity contribution in [2.75, 3.05) is 6.54 Å². The topological polar surface area (TPSA) is 38.1 Å². The molecule has 1 amide bonds. The SMILES string of the molecule is CCCC1CC(=O)N(Cn2c(CCl)nc3ccccc32)C1. The molecule has 0 spiro atoms. The molecular weight excluding hydrogens is 286 g/mol. The lowest BCUT2D eigenvalue weighted by Crippen LogP contribution is -2.28. The summed E-state index contributed by atoms with van der Waals surface area (Å²) in [6.45, 7) is 3.57. The number of amides is 1. The van der Waals surface area contributed by atoms with E-state index < -0.39 is 0 Å². The van der Waals surface area contributed by atoms with E-state index in [4.69, 9.17) is 11.6 Å². The molecule has 0 bridgehead atoms. The number of para-hydroxylation sites is 2. The van der Waals surface area contributed by atoms with E-state index in [9.17, 15) is 4.79 Å². The number of likely N-dealkylation sites (tertiary alicyclic amines) is 1. The predicted octanol–water partition coefficient (Wildman–Crippen LogP) is 3.38. The van der Waals surface area contributed by atoms with Gasteiger partial charge in [-0.25, -0.2) is 4.98 Å². The Morgan fingerprint density at radius 1 is 1.38 bits per heavy atom. The number of carbonyl (C=O) groups is 1. The number of nitrogens with zero attached hydrogens (tertiary/aromatic N) is 3. The van der Waals surface area contributed by atoms with Crippen LogP contribution in [0.1, 0.15) is 32.0 Å². The normalized spacial score (nSPS) is 18.9. The lowest BCUT2D eigenvalue weighted by atomic mass is 10.0. The summed E-state index contributed by atoms with van der Waals surface area (Å²) in [5.41, 5.74) is 1.98. The van der Waals surface area contributed by atoms with Crippen LogP contribution in [0.15, 0.2) is 24.3 Å². The monoisotopic (exact) mass is 305 g/mol. The molecule has 2 aromatic rings. The number of hydrogen-bond acceptors (Lipinski definition) is 2. The highest BCUT2D eigenvalue weighted by Crippen LogP contribution is 2.25. The van der Waals surface area contributed by atoms with E-state index in [-0.39, 0.29) is 5.91 Å². The molecule has 21 heavy (non-hydrogen) atoms. The summed E-state index contributed by atoms with van der Waals surface area (Å²) in [5, 5.41) is 0. The lowest BCUT2D eigenvalue weighted by Gasteiger charge is -2.19. The van der Waals surface area contributed by atoms with Crippen LogP contribution in [-0.2, 0) is 17.3 Å². The van der Waals surface area contributed by atoms with Gasteiger partial charge in [0.15, 0.2) is 0 Å². The van der Waals surface area contributed by atoms with Crippen LogP contribution in [0.2, 0.25) is 0 Å². The van der Waals surface area contributed by atoms with Gasteiger partial charge in [0.1, 0.15) is 5.82 Å². The zero-order chi connectivity index (χ0) is 14.8. The van der Waals surface area contributed by atoms with Gasteiger partial charge in [-0.05, 0) is 24.5 Å². The Hall–Kier alpha value is -1.55. The summed E-state index contributed by atoms with van der Waals surface area (Å²) < 4.78 is 2.06. The maximum atomic E-state index is 12.2. The van der Waals surface area contributed by atoms with Crippen LogP contribution in [0.3, 0.4) is 0 Å². The predicted molar refractivity (Wildman–Crippen MR) is 84.0 cm³/mol. The fraction of sp³-hybridized carbons (Fsp3) is 0.500. The fourth-order valence-electron chi connectivity index (χ4n) is 3.15. The highest BCUT2D eigenvalue weighted by Gasteiger charge is 2.29. The summed E-state index contributed by atoms with van der Waals surface area (Å²) in [7, 11) is 0. The maximum absolute atomic E-state index is 12.2. The van der Waals surface area contributed by atoms with Crippen molar-refractivity contribution in [3.63, 3.8) is 0 Å². The molecule has 1 unspecified atom stereocenters. The van der Waals surface area contributed by atoms with Crippen molar-refractivity contribution in [1.29, 1.82) is 0 Å². The molecule has 1 aliphatic heterocycles. The van der Waals surface area contributed by atoms with Crippen LogP contribution < -0.4 is 0 Å². The maximum Gasteiger partial charge on any atom is 0.224 e. The van der Waals surface area contributed by atoms with Gasteiger partial charge in [-0.1, -0.05) is 25.5 Å². The van der Waals surface area contributed by atoms with Gasteiger partial charge >= 0.3 is 0 Å². The van der Waals surface area contributed by atoms with Gasteiger partial charge in [-0.2, -0.15) is 0 Å². The minimum atomic E-state index is 0.242. The quantitative estimate of drug-likeness (QED) is 0.794. The Bertz CT molecular complexity index is 652. The van der Waals surface area contributed by atoms with E-state index in [0.717, 1.165) is 36.2 Å². The van der Waals surface area contributed by atoms with Crippen LogP contribution in [0.5, 0.6) is 0 Å². The molecule has 1 fully saturated rings. The minimum Gasteiger partial charge on any atom is -0.324 e. The number of fused-ring (bicyclic) bond motifs is 1. The number of hydrogen-bond donors (Lipinski definition) is 0. The largest absolute Gasteiger partial charge is 0.324 e. The molecule has 0 aliphatic carbocycles. The summed E-state index contributed by atoms with van der Waals surface area (Å²) in [5.74, 6) is 1.92. The highest BCUT2D eigenvalue weighted by molar-refractivity contribution is 6.16. The van der Waals surface area contributed by atoms with Gasteiger partial charge in [0.05, 0.1) is 23.6 Å². The van der Waals surface area contributed by atoms with Crippen molar-refractivity contribution >= 4 is 28.5 Å². The van der Waals surface area contributed by atoms with Gasteiger partial charge in [-0.15, -0.1) is 11.6 Å². The van der Waals surface area contributed by atoms with Crippen LogP contribution in [-0.4, -0.2) is 26.9 Å². The number of halogens is 1. The summed E-state index contributed by atoms with van der Waals surface area (Å²) in [6.07, 6.45) is 2.93. The number of rotatable bonds is 5. The number of benzene rings is 1. The Labute approximate surface area is 129 Å². The Kier molecular flexibility index (Phi) is 4.15. The first-order valence-electron chi connectivity index (χ1n) is 7.50. The number of alkyl halides is 1. The first-order valence-corrected chi connectivity index (χ1v) is 8.04. The molecule has 1 aromatic carbocycles. The third-order valence-electron chi connectivity index (χ3n) is 4.16. The Morgan fingerprint density at radius 2 is 2.19 bits per heavy atom. The van der Waals surface area contributed by atoms with Crippen LogP contribution in [0.25, 0.3) is 11.0 Å². The number of aromatic nitrogens is 2. The second kappa shape index (κ2) is 6.06. The first-order chi connectivity index (χ1) is 10.2. The third kappa shape index (κ3) is 2.77. The van der Waals surface area contributed by atoms with E-state index in [1.54, 1.807) is 0 Å². The first kappa shape index (κ1) is 14.4. The van der Waals surface area contributed by atoms with Crippen molar-refractivity contribution in [3.8, 4) is 0 Å². The van der Waals surface area contributed by atoms with E-state index >= 15 is 0 Å². The standard InChI is InChI=1S/C16H20ClN3O/c1-2-5-12-8-16(21)19(10-12)11-20-14-7-4-3-6-13(14)18-15(20)9-17/h3-4,6-7,12H,2,5,8-11H2,1H3. The smallest absolute Gasteiger partial charge is 0.224 e. The van der Waals surface area contributed by atoms with Gasteiger partial charge in [0.2, 0.25) is 5.91 Å².